The van der Waals surface area contributed by atoms with E-state index in [4.69, 9.17) is 4.74 Å². The lowest BCUT2D eigenvalue weighted by atomic mass is 9.34. The number of hydrogen-bond donors (Lipinski definition) is 1. The first kappa shape index (κ1) is 15.8. The minimum Gasteiger partial charge on any atom is -0.465 e. The maximum Gasteiger partial charge on any atom is 0.313 e. The Balaban J connectivity index is 1.77. The highest BCUT2D eigenvalue weighted by Crippen LogP contribution is 2.73. The molecule has 5 saturated carbocycles. The van der Waals surface area contributed by atoms with Gasteiger partial charge < -0.3 is 9.84 Å². The van der Waals surface area contributed by atoms with E-state index in [0.717, 1.165) is 37.7 Å². The van der Waals surface area contributed by atoms with E-state index < -0.39 is 16.9 Å². The van der Waals surface area contributed by atoms with Gasteiger partial charge in [-0.2, -0.15) is 0 Å². The van der Waals surface area contributed by atoms with Gasteiger partial charge in [-0.1, -0.05) is 26.5 Å². The minimum absolute atomic E-state index is 0.00671. The number of aliphatic hydroxyl groups is 1. The normalized spacial score (nSPS) is 54.0. The Labute approximate surface area is 148 Å². The van der Waals surface area contributed by atoms with Gasteiger partial charge in [0.15, 0.2) is 5.78 Å². The summed E-state index contributed by atoms with van der Waals surface area (Å²) in [5.41, 5.74) is -0.465. The quantitative estimate of drug-likeness (QED) is 0.418. The van der Waals surface area contributed by atoms with Crippen LogP contribution in [0.2, 0.25) is 0 Å². The van der Waals surface area contributed by atoms with E-state index >= 15 is 0 Å². The zero-order valence-corrected chi connectivity index (χ0v) is 14.8. The second kappa shape index (κ2) is 4.46. The number of aliphatic hydroxyl groups excluding tert-OH is 1. The van der Waals surface area contributed by atoms with Gasteiger partial charge in [-0.05, 0) is 55.1 Å². The van der Waals surface area contributed by atoms with E-state index in [1.807, 2.05) is 0 Å². The van der Waals surface area contributed by atoms with Crippen LogP contribution in [-0.2, 0) is 14.3 Å². The number of cyclic esters (lactones) is 1. The van der Waals surface area contributed by atoms with Crippen molar-refractivity contribution in [3.63, 3.8) is 0 Å². The Morgan fingerprint density at radius 1 is 1.16 bits per heavy atom. The molecule has 6 fully saturated rings. The molecule has 0 aromatic rings. The summed E-state index contributed by atoms with van der Waals surface area (Å²) in [5, 5.41) is 11.1. The molecule has 5 aliphatic carbocycles. The van der Waals surface area contributed by atoms with Crippen molar-refractivity contribution >= 4 is 11.8 Å². The number of carbonyl (C=O) groups excluding carboxylic acids is 2. The van der Waals surface area contributed by atoms with Gasteiger partial charge in [0.05, 0.1) is 23.5 Å². The second-order valence-corrected chi connectivity index (χ2v) is 9.45. The molecular weight excluding hydrogens is 316 g/mol. The summed E-state index contributed by atoms with van der Waals surface area (Å²) in [7, 11) is 0. The fourth-order valence-electron chi connectivity index (χ4n) is 7.60. The number of rotatable bonds is 0. The van der Waals surface area contributed by atoms with Crippen molar-refractivity contribution < 1.29 is 19.4 Å². The zero-order chi connectivity index (χ0) is 17.8. The highest BCUT2D eigenvalue weighted by Gasteiger charge is 2.76. The Bertz CT molecular complexity index is 738. The predicted molar refractivity (Wildman–Crippen MR) is 91.4 cm³/mol. The van der Waals surface area contributed by atoms with E-state index in [2.05, 4.69) is 20.1 Å². The smallest absolute Gasteiger partial charge is 0.313 e. The van der Waals surface area contributed by atoms with Gasteiger partial charge in [0.1, 0.15) is 0 Å². The monoisotopic (exact) mass is 342 g/mol. The number of allylic oxidation sites excluding steroid dienone is 1. The molecule has 0 amide bonds. The molecule has 6 aliphatic rings. The third kappa shape index (κ3) is 1.47. The molecule has 1 N–H and O–H groups in total. The molecule has 0 radical (unpaired) electrons. The number of fused-ring (bicyclic) bond motifs is 2. The van der Waals surface area contributed by atoms with Gasteiger partial charge in [-0.15, -0.1) is 0 Å². The Hall–Kier alpha value is -1.42. The molecule has 1 spiro atoms. The third-order valence-corrected chi connectivity index (χ3v) is 8.56. The summed E-state index contributed by atoms with van der Waals surface area (Å²) in [6.45, 7) is 10.8. The fourth-order valence-corrected chi connectivity index (χ4v) is 7.60. The standard InChI is InChI=1S/C21H26O4/c1-11-13-5-8-21(16(11)22)14(9-13)20-7-4-6-19(3,10-25-18(20)24)15(20)12(2)17(21)23/h13-16,22H,1-2,4-10H2,3H3/t13-,14?,15?,16-,19-,20+,21?/m0/s1. The van der Waals surface area contributed by atoms with Gasteiger partial charge in [0, 0.05) is 11.3 Å². The lowest BCUT2D eigenvalue weighted by Gasteiger charge is -2.69. The first-order chi connectivity index (χ1) is 11.8. The number of carbonyl (C=O) groups is 2. The van der Waals surface area contributed by atoms with Crippen LogP contribution < -0.4 is 0 Å². The van der Waals surface area contributed by atoms with Crippen LogP contribution in [0.15, 0.2) is 24.3 Å². The number of ketones is 1. The van der Waals surface area contributed by atoms with E-state index in [1.54, 1.807) is 0 Å². The Kier molecular flexibility index (Phi) is 2.82. The lowest BCUT2D eigenvalue weighted by molar-refractivity contribution is -0.232. The van der Waals surface area contributed by atoms with E-state index in [0.29, 0.717) is 18.6 Å². The molecule has 1 aliphatic heterocycles. The molecular formula is C21H26O4. The maximum absolute atomic E-state index is 13.6. The van der Waals surface area contributed by atoms with Crippen LogP contribution >= 0.6 is 0 Å². The molecule has 4 bridgehead atoms. The van der Waals surface area contributed by atoms with Crippen LogP contribution in [0.5, 0.6) is 0 Å². The topological polar surface area (TPSA) is 63.6 Å². The summed E-state index contributed by atoms with van der Waals surface area (Å²) in [6, 6.07) is 0. The SMILES string of the molecule is C=C1C(=O)C23CC[C@@H](CC2[C@@]24CCC[C@@](C)(COC2=O)C14)C(=C)[C@@H]3O. The van der Waals surface area contributed by atoms with Gasteiger partial charge in [0.2, 0.25) is 0 Å². The molecule has 134 valence electrons. The molecule has 7 atom stereocenters. The molecule has 25 heavy (non-hydrogen) atoms. The zero-order valence-electron chi connectivity index (χ0n) is 14.8. The summed E-state index contributed by atoms with van der Waals surface area (Å²) < 4.78 is 5.71. The van der Waals surface area contributed by atoms with Crippen LogP contribution in [-0.4, -0.2) is 29.6 Å². The molecule has 1 saturated heterocycles. The molecule has 3 unspecified atom stereocenters. The Morgan fingerprint density at radius 3 is 2.68 bits per heavy atom. The molecule has 0 aromatic carbocycles. The Morgan fingerprint density at radius 2 is 1.92 bits per heavy atom. The fraction of sp³-hybridized carbons (Fsp3) is 0.714. The van der Waals surface area contributed by atoms with Crippen molar-refractivity contribution in [1.82, 2.24) is 0 Å². The van der Waals surface area contributed by atoms with E-state index in [-0.39, 0.29) is 34.9 Å². The minimum atomic E-state index is -0.909. The summed E-state index contributed by atoms with van der Waals surface area (Å²) in [5.74, 6) is -0.239. The van der Waals surface area contributed by atoms with Gasteiger partial charge >= 0.3 is 5.97 Å². The van der Waals surface area contributed by atoms with Gasteiger partial charge in [-0.25, -0.2) is 0 Å². The second-order valence-electron chi connectivity index (χ2n) is 9.45. The van der Waals surface area contributed by atoms with Gasteiger partial charge in [-0.3, -0.25) is 9.59 Å². The molecule has 0 aromatic heterocycles. The number of Topliss-reactive ketones (excluding diaryl/α,β-unsaturated/α-hetero) is 1. The molecule has 6 rings (SSSR count). The van der Waals surface area contributed by atoms with Crippen molar-refractivity contribution in [2.75, 3.05) is 6.61 Å². The van der Waals surface area contributed by atoms with Crippen molar-refractivity contribution in [3.05, 3.63) is 24.3 Å². The largest absolute Gasteiger partial charge is 0.465 e. The molecule has 1 heterocycles. The lowest BCUT2D eigenvalue weighted by Crippen LogP contribution is -2.73. The van der Waals surface area contributed by atoms with Crippen LogP contribution in [0, 0.1) is 34.0 Å². The summed E-state index contributed by atoms with van der Waals surface area (Å²) >= 11 is 0. The predicted octanol–water partition coefficient (Wildman–Crippen LogP) is 2.81. The van der Waals surface area contributed by atoms with Crippen molar-refractivity contribution in [2.45, 2.75) is 51.6 Å². The number of hydrogen-bond acceptors (Lipinski definition) is 4. The number of esters is 1. The van der Waals surface area contributed by atoms with Crippen LogP contribution in [0.3, 0.4) is 0 Å². The molecule has 4 nitrogen and oxygen atoms in total. The highest BCUT2D eigenvalue weighted by atomic mass is 16.5. The van der Waals surface area contributed by atoms with Crippen molar-refractivity contribution in [3.8, 4) is 0 Å². The third-order valence-electron chi connectivity index (χ3n) is 8.56. The first-order valence-corrected chi connectivity index (χ1v) is 9.56. The van der Waals surface area contributed by atoms with Crippen LogP contribution in [0.1, 0.15) is 45.4 Å². The average Bonchev–Trinajstić information content (AvgIpc) is 2.60. The van der Waals surface area contributed by atoms with Gasteiger partial charge in [0.25, 0.3) is 0 Å². The van der Waals surface area contributed by atoms with Crippen molar-refractivity contribution in [1.29, 1.82) is 0 Å². The van der Waals surface area contributed by atoms with E-state index in [9.17, 15) is 14.7 Å². The number of ether oxygens (including phenoxy) is 1. The van der Waals surface area contributed by atoms with Crippen molar-refractivity contribution in [2.24, 2.45) is 34.0 Å². The average molecular weight is 342 g/mol. The van der Waals surface area contributed by atoms with E-state index in [1.165, 1.54) is 0 Å². The van der Waals surface area contributed by atoms with Crippen LogP contribution in [0.4, 0.5) is 0 Å². The first-order valence-electron chi connectivity index (χ1n) is 9.56. The summed E-state index contributed by atoms with van der Waals surface area (Å²) in [6.07, 6.45) is 4.10. The molecule has 4 heteroatoms. The summed E-state index contributed by atoms with van der Waals surface area (Å²) in [4.78, 5) is 26.8. The maximum atomic E-state index is 13.6. The van der Waals surface area contributed by atoms with Crippen LogP contribution in [0.25, 0.3) is 0 Å². The highest BCUT2D eigenvalue weighted by molar-refractivity contribution is 6.05.